The number of hydrogen-bond acceptors (Lipinski definition) is 7. The molecule has 10 heteroatoms. The van der Waals surface area contributed by atoms with Crippen molar-refractivity contribution in [1.82, 2.24) is 10.0 Å². The van der Waals surface area contributed by atoms with Crippen molar-refractivity contribution in [2.24, 2.45) is 0 Å². The summed E-state index contributed by atoms with van der Waals surface area (Å²) in [5.74, 6) is 0.509. The van der Waals surface area contributed by atoms with Crippen molar-refractivity contribution in [2.75, 3.05) is 54.2 Å². The lowest BCUT2D eigenvalue weighted by Crippen LogP contribution is -2.31. The summed E-state index contributed by atoms with van der Waals surface area (Å²) in [5, 5.41) is 2.71. The summed E-state index contributed by atoms with van der Waals surface area (Å²) in [5.41, 5.74) is 0. The molecule has 0 saturated carbocycles. The lowest BCUT2D eigenvalue weighted by molar-refractivity contribution is -0.120. The quantitative estimate of drug-likeness (QED) is 0.435. The van der Waals surface area contributed by atoms with Gasteiger partial charge in [-0.15, -0.1) is 0 Å². The zero-order valence-electron chi connectivity index (χ0n) is 15.9. The zero-order valence-corrected chi connectivity index (χ0v) is 16.8. The average Bonchev–Trinajstić information content (AvgIpc) is 2.66. The van der Waals surface area contributed by atoms with Gasteiger partial charge in [0.05, 0.1) is 32.3 Å². The lowest BCUT2D eigenvalue weighted by Gasteiger charge is -2.11. The number of amides is 1. The first-order valence-electron chi connectivity index (χ1n) is 8.49. The fourth-order valence-corrected chi connectivity index (χ4v) is 3.15. The van der Waals surface area contributed by atoms with Crippen LogP contribution in [0.15, 0.2) is 23.1 Å². The van der Waals surface area contributed by atoms with Crippen LogP contribution in [0.5, 0.6) is 11.5 Å². The number of ether oxygens (including phenoxy) is 4. The summed E-state index contributed by atoms with van der Waals surface area (Å²) in [4.78, 5) is 11.8. The van der Waals surface area contributed by atoms with Crippen LogP contribution in [0.25, 0.3) is 0 Å². The fraction of sp³-hybridized carbons (Fsp3) is 0.588. The summed E-state index contributed by atoms with van der Waals surface area (Å²) in [7, 11) is 0.743. The van der Waals surface area contributed by atoms with E-state index < -0.39 is 10.0 Å². The third-order valence-electron chi connectivity index (χ3n) is 3.53. The highest BCUT2D eigenvalue weighted by atomic mass is 32.2. The first-order valence-corrected chi connectivity index (χ1v) is 9.98. The van der Waals surface area contributed by atoms with Crippen LogP contribution in [0, 0.1) is 0 Å². The van der Waals surface area contributed by atoms with Crippen molar-refractivity contribution in [2.45, 2.75) is 17.7 Å². The molecule has 0 radical (unpaired) electrons. The molecule has 1 amide bonds. The molecule has 2 N–H and O–H groups in total. The first kappa shape index (κ1) is 23.2. The van der Waals surface area contributed by atoms with Crippen molar-refractivity contribution < 1.29 is 32.2 Å². The molecule has 1 rings (SSSR count). The van der Waals surface area contributed by atoms with Gasteiger partial charge in [0.15, 0.2) is 11.5 Å². The molecule has 0 aliphatic heterocycles. The Labute approximate surface area is 160 Å². The topological polar surface area (TPSA) is 112 Å². The monoisotopic (exact) mass is 404 g/mol. The predicted molar refractivity (Wildman–Crippen MR) is 99.7 cm³/mol. The van der Waals surface area contributed by atoms with Gasteiger partial charge in [0.1, 0.15) is 0 Å². The molecule has 9 nitrogen and oxygen atoms in total. The smallest absolute Gasteiger partial charge is 0.240 e. The minimum absolute atomic E-state index is 0.00709. The maximum atomic E-state index is 12.3. The number of sulfonamides is 1. The van der Waals surface area contributed by atoms with E-state index in [0.29, 0.717) is 44.3 Å². The summed E-state index contributed by atoms with van der Waals surface area (Å²) < 4.78 is 47.3. The number of nitrogens with one attached hydrogen (secondary N) is 2. The molecule has 154 valence electrons. The normalized spacial score (nSPS) is 11.2. The lowest BCUT2D eigenvalue weighted by atomic mass is 10.3. The van der Waals surface area contributed by atoms with Crippen LogP contribution in [0.1, 0.15) is 12.8 Å². The molecule has 0 atom stereocenters. The second kappa shape index (κ2) is 12.5. The van der Waals surface area contributed by atoms with Gasteiger partial charge in [-0.1, -0.05) is 0 Å². The largest absolute Gasteiger partial charge is 0.493 e. The van der Waals surface area contributed by atoms with Crippen molar-refractivity contribution in [3.63, 3.8) is 0 Å². The molecule has 1 aromatic rings. The Morgan fingerprint density at radius 3 is 2.41 bits per heavy atom. The van der Waals surface area contributed by atoms with Gasteiger partial charge in [-0.25, -0.2) is 13.1 Å². The van der Waals surface area contributed by atoms with Crippen LogP contribution in [0.3, 0.4) is 0 Å². The molecule has 0 aliphatic carbocycles. The highest BCUT2D eigenvalue weighted by Gasteiger charge is 2.17. The van der Waals surface area contributed by atoms with Gasteiger partial charge < -0.3 is 24.3 Å². The van der Waals surface area contributed by atoms with Gasteiger partial charge in [-0.3, -0.25) is 4.79 Å². The van der Waals surface area contributed by atoms with Crippen molar-refractivity contribution in [3.05, 3.63) is 18.2 Å². The predicted octanol–water partition coefficient (Wildman–Crippen LogP) is 0.542. The van der Waals surface area contributed by atoms with Gasteiger partial charge in [-0.05, 0) is 18.6 Å². The van der Waals surface area contributed by atoms with Crippen LogP contribution in [-0.4, -0.2) is 68.6 Å². The highest BCUT2D eigenvalue weighted by molar-refractivity contribution is 7.89. The Balaban J connectivity index is 2.34. The minimum atomic E-state index is -3.75. The molecule has 0 aliphatic rings. The van der Waals surface area contributed by atoms with E-state index in [2.05, 4.69) is 10.0 Å². The average molecular weight is 404 g/mol. The van der Waals surface area contributed by atoms with Crippen molar-refractivity contribution in [3.8, 4) is 11.5 Å². The summed E-state index contributed by atoms with van der Waals surface area (Å²) in [6, 6.07) is 4.28. The number of carbonyl (C=O) groups is 1. The number of rotatable bonds is 14. The molecule has 0 saturated heterocycles. The van der Waals surface area contributed by atoms with E-state index in [1.54, 1.807) is 7.11 Å². The summed E-state index contributed by atoms with van der Waals surface area (Å²) >= 11 is 0. The Hall–Kier alpha value is -1.88. The number of methoxy groups -OCH3 is 3. The molecule has 0 aromatic heterocycles. The number of hydrogen-bond donors (Lipinski definition) is 2. The Bertz CT molecular complexity index is 680. The number of carbonyl (C=O) groups excluding carboxylic acids is 1. The zero-order chi connectivity index (χ0) is 20.1. The molecule has 0 unspecified atom stereocenters. The van der Waals surface area contributed by atoms with Gasteiger partial charge in [-0.2, -0.15) is 0 Å². The fourth-order valence-electron chi connectivity index (χ4n) is 2.10. The molecule has 0 fully saturated rings. The second-order valence-corrected chi connectivity index (χ2v) is 7.24. The summed E-state index contributed by atoms with van der Waals surface area (Å²) in [6.07, 6.45) is 0.712. The SMILES string of the molecule is COCCOCCCNC(=O)CCNS(=O)(=O)c1ccc(OC)c(OC)c1. The van der Waals surface area contributed by atoms with Crippen molar-refractivity contribution in [1.29, 1.82) is 0 Å². The van der Waals surface area contributed by atoms with E-state index in [9.17, 15) is 13.2 Å². The van der Waals surface area contributed by atoms with Crippen molar-refractivity contribution >= 4 is 15.9 Å². The maximum absolute atomic E-state index is 12.3. The number of benzene rings is 1. The third-order valence-corrected chi connectivity index (χ3v) is 4.99. The van der Waals surface area contributed by atoms with Gasteiger partial charge >= 0.3 is 0 Å². The highest BCUT2D eigenvalue weighted by Crippen LogP contribution is 2.29. The molecule has 0 heterocycles. The molecule has 0 bridgehead atoms. The van der Waals surface area contributed by atoms with E-state index in [1.807, 2.05) is 0 Å². The minimum Gasteiger partial charge on any atom is -0.493 e. The molecule has 0 spiro atoms. The Kier molecular flexibility index (Phi) is 10.7. The van der Waals surface area contributed by atoms with Crippen LogP contribution in [-0.2, 0) is 24.3 Å². The standard InChI is InChI=1S/C17H28N2O7S/c1-23-11-12-26-10-4-8-18-17(20)7-9-19-27(21,22)14-5-6-15(24-2)16(13-14)25-3/h5-6,13,19H,4,7-12H2,1-3H3,(H,18,20). The van der Waals surface area contributed by atoms with Crippen LogP contribution < -0.4 is 19.5 Å². The van der Waals surface area contributed by atoms with Gasteiger partial charge in [0, 0.05) is 39.3 Å². The Morgan fingerprint density at radius 2 is 1.74 bits per heavy atom. The van der Waals surface area contributed by atoms with Crippen LogP contribution >= 0.6 is 0 Å². The molecular weight excluding hydrogens is 376 g/mol. The van der Waals surface area contributed by atoms with Crippen LogP contribution in [0.4, 0.5) is 0 Å². The van der Waals surface area contributed by atoms with E-state index >= 15 is 0 Å². The first-order chi connectivity index (χ1) is 12.9. The van der Waals surface area contributed by atoms with E-state index in [0.717, 1.165) is 0 Å². The third kappa shape index (κ3) is 8.57. The van der Waals surface area contributed by atoms with Crippen LogP contribution in [0.2, 0.25) is 0 Å². The molecular formula is C17H28N2O7S. The summed E-state index contributed by atoms with van der Waals surface area (Å²) in [6.45, 7) is 2.03. The van der Waals surface area contributed by atoms with E-state index in [-0.39, 0.29) is 23.8 Å². The van der Waals surface area contributed by atoms with Gasteiger partial charge in [0.2, 0.25) is 15.9 Å². The molecule has 1 aromatic carbocycles. The maximum Gasteiger partial charge on any atom is 0.240 e. The van der Waals surface area contributed by atoms with E-state index in [4.69, 9.17) is 18.9 Å². The Morgan fingerprint density at radius 1 is 1.00 bits per heavy atom. The second-order valence-electron chi connectivity index (χ2n) is 5.47. The van der Waals surface area contributed by atoms with Gasteiger partial charge in [0.25, 0.3) is 0 Å². The molecule has 27 heavy (non-hydrogen) atoms. The van der Waals surface area contributed by atoms with E-state index in [1.165, 1.54) is 32.4 Å².